The molecule has 0 radical (unpaired) electrons. The molecule has 1 aromatic heterocycles. The van der Waals surface area contributed by atoms with E-state index in [4.69, 9.17) is 0 Å². The van der Waals surface area contributed by atoms with Crippen molar-refractivity contribution in [1.82, 2.24) is 15.0 Å². The van der Waals surface area contributed by atoms with Gasteiger partial charge in [-0.15, -0.1) is 23.7 Å². The molecule has 0 amide bonds. The van der Waals surface area contributed by atoms with Gasteiger partial charge in [-0.05, 0) is 38.4 Å². The quantitative estimate of drug-likeness (QED) is 0.864. The van der Waals surface area contributed by atoms with Crippen LogP contribution in [0.2, 0.25) is 0 Å². The molecule has 2 heterocycles. The second-order valence-electron chi connectivity index (χ2n) is 5.49. The summed E-state index contributed by atoms with van der Waals surface area (Å²) in [4.78, 5) is 4.71. The van der Waals surface area contributed by atoms with Crippen LogP contribution in [0.5, 0.6) is 0 Å². The highest BCUT2D eigenvalue weighted by Gasteiger charge is 2.22. The average molecular weight is 374 g/mol. The Bertz CT molecular complexity index is 756. The molecule has 1 fully saturated rings. The van der Waals surface area contributed by atoms with Crippen molar-refractivity contribution in [3.8, 4) is 10.6 Å². The van der Waals surface area contributed by atoms with Gasteiger partial charge in [0.25, 0.3) is 0 Å². The molecule has 3 rings (SSSR count). The van der Waals surface area contributed by atoms with Gasteiger partial charge in [0.15, 0.2) is 0 Å². The number of hydrogen-bond donors (Lipinski definition) is 2. The minimum atomic E-state index is -3.50. The van der Waals surface area contributed by atoms with Crippen molar-refractivity contribution in [1.29, 1.82) is 0 Å². The van der Waals surface area contributed by atoms with E-state index in [0.717, 1.165) is 35.7 Å². The van der Waals surface area contributed by atoms with Crippen molar-refractivity contribution < 1.29 is 8.42 Å². The second kappa shape index (κ2) is 7.72. The van der Waals surface area contributed by atoms with Crippen molar-refractivity contribution in [3.63, 3.8) is 0 Å². The Morgan fingerprint density at radius 1 is 1.39 bits per heavy atom. The first-order valence-corrected chi connectivity index (χ1v) is 9.66. The van der Waals surface area contributed by atoms with E-state index in [-0.39, 0.29) is 18.4 Å². The van der Waals surface area contributed by atoms with Crippen molar-refractivity contribution in [3.05, 3.63) is 35.3 Å². The minimum absolute atomic E-state index is 0. The molecule has 1 atom stereocenters. The molecule has 0 spiro atoms. The van der Waals surface area contributed by atoms with E-state index in [0.29, 0.717) is 11.4 Å². The average Bonchev–Trinajstić information content (AvgIpc) is 2.95. The third kappa shape index (κ3) is 4.51. The number of piperidine rings is 1. The predicted octanol–water partition coefficient (Wildman–Crippen LogP) is 2.57. The summed E-state index contributed by atoms with van der Waals surface area (Å²) in [5.41, 5.74) is 1.78. The maximum atomic E-state index is 12.5. The summed E-state index contributed by atoms with van der Waals surface area (Å²) in [6, 6.07) is 6.93. The maximum Gasteiger partial charge on any atom is 0.240 e. The van der Waals surface area contributed by atoms with Gasteiger partial charge in [0.1, 0.15) is 5.01 Å². The van der Waals surface area contributed by atoms with Crippen LogP contribution in [-0.4, -0.2) is 32.5 Å². The summed E-state index contributed by atoms with van der Waals surface area (Å²) in [5.74, 6) is 0. The highest BCUT2D eigenvalue weighted by Crippen LogP contribution is 2.25. The number of aryl methyl sites for hydroxylation is 1. The molecule has 126 valence electrons. The highest BCUT2D eigenvalue weighted by molar-refractivity contribution is 7.89. The van der Waals surface area contributed by atoms with E-state index in [1.54, 1.807) is 18.2 Å². The van der Waals surface area contributed by atoms with E-state index in [9.17, 15) is 8.42 Å². The first-order chi connectivity index (χ1) is 10.5. The van der Waals surface area contributed by atoms with Crippen molar-refractivity contribution in [2.45, 2.75) is 30.7 Å². The van der Waals surface area contributed by atoms with Gasteiger partial charge in [-0.2, -0.15) is 0 Å². The number of nitrogens with one attached hydrogen (secondary N) is 2. The first-order valence-electron chi connectivity index (χ1n) is 7.30. The van der Waals surface area contributed by atoms with Crippen LogP contribution in [0.15, 0.2) is 34.5 Å². The van der Waals surface area contributed by atoms with Gasteiger partial charge >= 0.3 is 0 Å². The summed E-state index contributed by atoms with van der Waals surface area (Å²) >= 11 is 1.52. The summed E-state index contributed by atoms with van der Waals surface area (Å²) in [6.45, 7) is 3.57. The SMILES string of the molecule is Cc1csc(-c2cccc(S(=O)(=O)N[C@@H]3CCCNC3)c2)n1.Cl. The zero-order chi connectivity index (χ0) is 15.6. The number of nitrogens with zero attached hydrogens (tertiary/aromatic N) is 1. The minimum Gasteiger partial charge on any atom is -0.315 e. The monoisotopic (exact) mass is 373 g/mol. The van der Waals surface area contributed by atoms with E-state index in [1.807, 2.05) is 18.4 Å². The summed E-state index contributed by atoms with van der Waals surface area (Å²) in [5, 5.41) is 6.02. The molecule has 1 saturated heterocycles. The van der Waals surface area contributed by atoms with Crippen LogP contribution in [0.4, 0.5) is 0 Å². The summed E-state index contributed by atoms with van der Waals surface area (Å²) < 4.78 is 27.9. The molecule has 2 aromatic rings. The van der Waals surface area contributed by atoms with Crippen LogP contribution in [0.3, 0.4) is 0 Å². The number of sulfonamides is 1. The molecule has 0 bridgehead atoms. The Kier molecular flexibility index (Phi) is 6.16. The summed E-state index contributed by atoms with van der Waals surface area (Å²) in [6.07, 6.45) is 1.86. The van der Waals surface area contributed by atoms with E-state index >= 15 is 0 Å². The lowest BCUT2D eigenvalue weighted by atomic mass is 10.1. The number of aromatic nitrogens is 1. The first kappa shape index (κ1) is 18.4. The number of hydrogen-bond acceptors (Lipinski definition) is 5. The molecule has 0 aliphatic carbocycles. The Hall–Kier alpha value is -0.990. The standard InChI is InChI=1S/C15H19N3O2S2.ClH/c1-11-10-21-15(17-11)12-4-2-6-14(8-12)22(19,20)18-13-5-3-7-16-9-13;/h2,4,6,8,10,13,16,18H,3,5,7,9H2,1H3;1H/t13-;/m1./s1. The van der Waals surface area contributed by atoms with E-state index < -0.39 is 10.0 Å². The predicted molar refractivity (Wildman–Crippen MR) is 95.7 cm³/mol. The number of halogens is 1. The number of thiazole rings is 1. The van der Waals surface area contributed by atoms with E-state index in [2.05, 4.69) is 15.0 Å². The fraction of sp³-hybridized carbons (Fsp3) is 0.400. The van der Waals surface area contributed by atoms with Gasteiger partial charge < -0.3 is 5.32 Å². The maximum absolute atomic E-state index is 12.5. The van der Waals surface area contributed by atoms with Gasteiger partial charge in [0.05, 0.1) is 4.90 Å². The largest absolute Gasteiger partial charge is 0.315 e. The molecule has 2 N–H and O–H groups in total. The second-order valence-corrected chi connectivity index (χ2v) is 8.06. The molecular weight excluding hydrogens is 354 g/mol. The lowest BCUT2D eigenvalue weighted by molar-refractivity contribution is 0.428. The Balaban J connectivity index is 0.00000192. The molecule has 0 unspecified atom stereocenters. The Morgan fingerprint density at radius 3 is 2.87 bits per heavy atom. The van der Waals surface area contributed by atoms with Crippen LogP contribution in [0.1, 0.15) is 18.5 Å². The summed E-state index contributed by atoms with van der Waals surface area (Å²) in [7, 11) is -3.50. The molecule has 1 aliphatic heterocycles. The zero-order valence-electron chi connectivity index (χ0n) is 12.8. The lowest BCUT2D eigenvalue weighted by Crippen LogP contribution is -2.45. The van der Waals surface area contributed by atoms with Gasteiger partial charge in [-0.25, -0.2) is 18.1 Å². The highest BCUT2D eigenvalue weighted by atomic mass is 35.5. The number of rotatable bonds is 4. The van der Waals surface area contributed by atoms with Crippen LogP contribution in [0.25, 0.3) is 10.6 Å². The molecule has 1 aliphatic rings. The van der Waals surface area contributed by atoms with Crippen LogP contribution < -0.4 is 10.0 Å². The molecule has 8 heteroatoms. The van der Waals surface area contributed by atoms with Gasteiger partial charge in [-0.3, -0.25) is 0 Å². The molecule has 23 heavy (non-hydrogen) atoms. The fourth-order valence-corrected chi connectivity index (χ4v) is 4.63. The fourth-order valence-electron chi connectivity index (χ4n) is 2.52. The molecule has 1 aromatic carbocycles. The lowest BCUT2D eigenvalue weighted by Gasteiger charge is -2.23. The Labute approximate surface area is 147 Å². The van der Waals surface area contributed by atoms with Crippen LogP contribution in [-0.2, 0) is 10.0 Å². The van der Waals surface area contributed by atoms with Crippen LogP contribution >= 0.6 is 23.7 Å². The number of benzene rings is 1. The van der Waals surface area contributed by atoms with Crippen molar-refractivity contribution in [2.24, 2.45) is 0 Å². The molecular formula is C15H20ClN3O2S2. The Morgan fingerprint density at radius 2 is 2.22 bits per heavy atom. The third-order valence-corrected chi connectivity index (χ3v) is 6.16. The third-order valence-electron chi connectivity index (χ3n) is 3.63. The normalized spacial score (nSPS) is 18.4. The smallest absolute Gasteiger partial charge is 0.240 e. The van der Waals surface area contributed by atoms with Gasteiger partial charge in [0.2, 0.25) is 10.0 Å². The van der Waals surface area contributed by atoms with Crippen molar-refractivity contribution in [2.75, 3.05) is 13.1 Å². The molecule has 5 nitrogen and oxygen atoms in total. The van der Waals surface area contributed by atoms with E-state index in [1.165, 1.54) is 11.3 Å². The van der Waals surface area contributed by atoms with Crippen LogP contribution in [0, 0.1) is 6.92 Å². The van der Waals surface area contributed by atoms with Gasteiger partial charge in [-0.1, -0.05) is 12.1 Å². The molecule has 0 saturated carbocycles. The van der Waals surface area contributed by atoms with Crippen molar-refractivity contribution >= 4 is 33.8 Å². The zero-order valence-corrected chi connectivity index (χ0v) is 15.2. The topological polar surface area (TPSA) is 71.1 Å². The van der Waals surface area contributed by atoms with Gasteiger partial charge in [0, 0.05) is 29.2 Å².